The number of carbonyl (C=O) groups excluding carboxylic acids is 1. The molecular formula is C24H39N3O3S. The van der Waals surface area contributed by atoms with E-state index in [2.05, 4.69) is 17.1 Å². The lowest BCUT2D eigenvalue weighted by molar-refractivity contribution is -0.126. The van der Waals surface area contributed by atoms with Gasteiger partial charge in [-0.1, -0.05) is 37.3 Å². The Morgan fingerprint density at radius 3 is 2.55 bits per heavy atom. The van der Waals surface area contributed by atoms with Crippen molar-refractivity contribution in [3.63, 3.8) is 0 Å². The van der Waals surface area contributed by atoms with Crippen molar-refractivity contribution in [2.24, 2.45) is 11.8 Å². The average Bonchev–Trinajstić information content (AvgIpc) is 2.78. The summed E-state index contributed by atoms with van der Waals surface area (Å²) in [5, 5.41) is 3.05. The lowest BCUT2D eigenvalue weighted by Gasteiger charge is -2.31. The number of nitrogens with one attached hydrogen (secondary N) is 1. The number of benzene rings is 1. The highest BCUT2D eigenvalue weighted by Gasteiger charge is 2.31. The normalized spacial score (nSPS) is 21.8. The number of nitrogens with zero attached hydrogens (tertiary/aromatic N) is 2. The summed E-state index contributed by atoms with van der Waals surface area (Å²) in [5.41, 5.74) is 1.16. The molecule has 1 aromatic carbocycles. The summed E-state index contributed by atoms with van der Waals surface area (Å²) >= 11 is 0. The highest BCUT2D eigenvalue weighted by molar-refractivity contribution is 7.89. The van der Waals surface area contributed by atoms with Crippen molar-refractivity contribution in [2.45, 2.75) is 51.9 Å². The van der Waals surface area contributed by atoms with Crippen LogP contribution in [-0.4, -0.2) is 68.6 Å². The molecule has 1 N–H and O–H groups in total. The third-order valence-corrected chi connectivity index (χ3v) is 8.61. The first-order valence-corrected chi connectivity index (χ1v) is 13.6. The molecule has 0 bridgehead atoms. The fraction of sp³-hybridized carbons (Fsp3) is 0.708. The van der Waals surface area contributed by atoms with Crippen LogP contribution in [0.1, 0.15) is 51.0 Å². The van der Waals surface area contributed by atoms with Crippen LogP contribution in [0.3, 0.4) is 0 Å². The molecule has 2 heterocycles. The summed E-state index contributed by atoms with van der Waals surface area (Å²) in [4.78, 5) is 15.1. The van der Waals surface area contributed by atoms with E-state index in [9.17, 15) is 13.2 Å². The first-order valence-electron chi connectivity index (χ1n) is 12.0. The van der Waals surface area contributed by atoms with Gasteiger partial charge in [0.25, 0.3) is 0 Å². The van der Waals surface area contributed by atoms with Crippen LogP contribution in [0.25, 0.3) is 0 Å². The van der Waals surface area contributed by atoms with E-state index in [1.165, 1.54) is 12.8 Å². The highest BCUT2D eigenvalue weighted by Crippen LogP contribution is 2.21. The van der Waals surface area contributed by atoms with Gasteiger partial charge < -0.3 is 10.2 Å². The number of piperidine rings is 2. The lowest BCUT2D eigenvalue weighted by Crippen LogP contribution is -2.46. The number of aryl methyl sites for hydroxylation is 1. The zero-order valence-corrected chi connectivity index (χ0v) is 19.8. The second kappa shape index (κ2) is 12.0. The van der Waals surface area contributed by atoms with E-state index < -0.39 is 10.0 Å². The molecule has 0 unspecified atom stereocenters. The van der Waals surface area contributed by atoms with Gasteiger partial charge in [-0.15, -0.1) is 0 Å². The Bertz CT molecular complexity index is 777. The molecule has 2 saturated heterocycles. The van der Waals surface area contributed by atoms with Crippen LogP contribution >= 0.6 is 0 Å². The molecule has 0 aromatic heterocycles. The van der Waals surface area contributed by atoms with Gasteiger partial charge in [-0.05, 0) is 76.1 Å². The maximum Gasteiger partial charge on any atom is 0.224 e. The van der Waals surface area contributed by atoms with E-state index in [1.54, 1.807) is 4.31 Å². The Kier molecular flexibility index (Phi) is 9.35. The molecule has 2 fully saturated rings. The Hall–Kier alpha value is -1.44. The summed E-state index contributed by atoms with van der Waals surface area (Å²) in [5.74, 6) is 0.759. The number of amides is 1. The maximum atomic E-state index is 12.8. The van der Waals surface area contributed by atoms with Crippen molar-refractivity contribution in [3.05, 3.63) is 35.9 Å². The third kappa shape index (κ3) is 7.88. The van der Waals surface area contributed by atoms with Crippen LogP contribution in [0.4, 0.5) is 0 Å². The molecular weight excluding hydrogens is 410 g/mol. The Morgan fingerprint density at radius 1 is 1.06 bits per heavy atom. The van der Waals surface area contributed by atoms with E-state index in [1.807, 2.05) is 30.3 Å². The summed E-state index contributed by atoms with van der Waals surface area (Å²) in [6, 6.07) is 9.97. The van der Waals surface area contributed by atoms with E-state index in [4.69, 9.17) is 0 Å². The van der Waals surface area contributed by atoms with Crippen molar-refractivity contribution >= 4 is 15.9 Å². The zero-order chi connectivity index (χ0) is 22.1. The Labute approximate surface area is 188 Å². The van der Waals surface area contributed by atoms with Crippen molar-refractivity contribution in [1.82, 2.24) is 14.5 Å². The molecule has 0 saturated carbocycles. The van der Waals surface area contributed by atoms with Crippen LogP contribution in [0.2, 0.25) is 0 Å². The molecule has 0 radical (unpaired) electrons. The Morgan fingerprint density at radius 2 is 1.81 bits per heavy atom. The van der Waals surface area contributed by atoms with Crippen LogP contribution in [-0.2, 0) is 21.2 Å². The summed E-state index contributed by atoms with van der Waals surface area (Å²) in [6.45, 7) is 7.19. The van der Waals surface area contributed by atoms with Gasteiger partial charge in [0.05, 0.1) is 11.7 Å². The first-order chi connectivity index (χ1) is 14.9. The summed E-state index contributed by atoms with van der Waals surface area (Å²) < 4.78 is 27.1. The second-order valence-electron chi connectivity index (χ2n) is 9.27. The number of rotatable bonds is 10. The minimum absolute atomic E-state index is 0.0106. The smallest absolute Gasteiger partial charge is 0.224 e. The third-order valence-electron chi connectivity index (χ3n) is 6.69. The van der Waals surface area contributed by atoms with E-state index in [0.29, 0.717) is 26.1 Å². The SMILES string of the molecule is CC1CCN(CCCNC(=O)[C@H]2CCCN(S(=O)(=O)CCCc3ccccc3)C2)CC1. The fourth-order valence-electron chi connectivity index (χ4n) is 4.59. The van der Waals surface area contributed by atoms with Crippen LogP contribution in [0.5, 0.6) is 0 Å². The molecule has 2 aliphatic heterocycles. The molecule has 6 nitrogen and oxygen atoms in total. The van der Waals surface area contributed by atoms with Crippen LogP contribution < -0.4 is 5.32 Å². The van der Waals surface area contributed by atoms with Gasteiger partial charge in [0.1, 0.15) is 0 Å². The molecule has 1 aromatic rings. The number of sulfonamides is 1. The molecule has 3 rings (SSSR count). The predicted octanol–water partition coefficient (Wildman–Crippen LogP) is 2.90. The molecule has 1 amide bonds. The molecule has 174 valence electrons. The van der Waals surface area contributed by atoms with E-state index in [0.717, 1.165) is 56.8 Å². The van der Waals surface area contributed by atoms with Gasteiger partial charge in [-0.25, -0.2) is 12.7 Å². The minimum Gasteiger partial charge on any atom is -0.356 e. The largest absolute Gasteiger partial charge is 0.356 e. The van der Waals surface area contributed by atoms with Gasteiger partial charge in [-0.3, -0.25) is 4.79 Å². The minimum atomic E-state index is -3.32. The van der Waals surface area contributed by atoms with Gasteiger partial charge in [0, 0.05) is 19.6 Å². The fourth-order valence-corrected chi connectivity index (χ4v) is 6.17. The number of carbonyl (C=O) groups is 1. The predicted molar refractivity (Wildman–Crippen MR) is 125 cm³/mol. The van der Waals surface area contributed by atoms with Gasteiger partial charge in [0.2, 0.25) is 15.9 Å². The molecule has 31 heavy (non-hydrogen) atoms. The van der Waals surface area contributed by atoms with Gasteiger partial charge in [-0.2, -0.15) is 0 Å². The Balaban J connectivity index is 1.36. The van der Waals surface area contributed by atoms with Crippen molar-refractivity contribution in [1.29, 1.82) is 0 Å². The topological polar surface area (TPSA) is 69.7 Å². The standard InChI is InChI=1S/C24H39N3O3S/c1-21-12-17-26(18-13-21)15-7-14-25-24(28)23-11-5-16-27(20-23)31(29,30)19-6-10-22-8-3-2-4-9-22/h2-4,8-9,21,23H,5-7,10-20H2,1H3,(H,25,28)/t23-/m0/s1. The van der Waals surface area contributed by atoms with Gasteiger partial charge >= 0.3 is 0 Å². The summed E-state index contributed by atoms with van der Waals surface area (Å²) in [7, 11) is -3.32. The van der Waals surface area contributed by atoms with E-state index in [-0.39, 0.29) is 17.6 Å². The monoisotopic (exact) mass is 449 g/mol. The van der Waals surface area contributed by atoms with Gasteiger partial charge in [0.15, 0.2) is 0 Å². The number of likely N-dealkylation sites (tertiary alicyclic amines) is 1. The molecule has 0 spiro atoms. The van der Waals surface area contributed by atoms with Crippen molar-refractivity contribution in [2.75, 3.05) is 45.0 Å². The number of hydrogen-bond acceptors (Lipinski definition) is 4. The molecule has 1 atom stereocenters. The van der Waals surface area contributed by atoms with Crippen LogP contribution in [0, 0.1) is 11.8 Å². The van der Waals surface area contributed by atoms with Crippen molar-refractivity contribution < 1.29 is 13.2 Å². The zero-order valence-electron chi connectivity index (χ0n) is 19.0. The summed E-state index contributed by atoms with van der Waals surface area (Å²) in [6.07, 6.45) is 6.37. The molecule has 0 aliphatic carbocycles. The van der Waals surface area contributed by atoms with E-state index >= 15 is 0 Å². The average molecular weight is 450 g/mol. The van der Waals surface area contributed by atoms with Crippen molar-refractivity contribution in [3.8, 4) is 0 Å². The highest BCUT2D eigenvalue weighted by atomic mass is 32.2. The lowest BCUT2D eigenvalue weighted by atomic mass is 9.98. The second-order valence-corrected chi connectivity index (χ2v) is 11.4. The molecule has 2 aliphatic rings. The van der Waals surface area contributed by atoms with Crippen LogP contribution in [0.15, 0.2) is 30.3 Å². The molecule has 7 heteroatoms. The quantitative estimate of drug-likeness (QED) is 0.558. The maximum absolute atomic E-state index is 12.8. The number of hydrogen-bond donors (Lipinski definition) is 1. The first kappa shape index (κ1) is 24.2.